The van der Waals surface area contributed by atoms with Crippen LogP contribution in [-0.2, 0) is 19.7 Å². The standard InChI is InChI=1S/C46H45N3O3/c1-51-45-25-22-43(30-47-45)41-18-20-42(21-19-41)46(50)49(32-36-12-16-40(17-13-36)39-10-6-3-7-11-39)33-37-26-28-48(29-27-37)31-35-14-23-44(24-15-35)52-34-38-8-4-2-5-9-38/h2-25,30,37H,26-29,31-34H2,1H3. The Morgan fingerprint density at radius 3 is 1.92 bits per heavy atom. The van der Waals surface area contributed by atoms with Crippen LogP contribution in [0.15, 0.2) is 152 Å². The van der Waals surface area contributed by atoms with Crippen LogP contribution in [0.5, 0.6) is 11.6 Å². The lowest BCUT2D eigenvalue weighted by atomic mass is 9.95. The minimum Gasteiger partial charge on any atom is -0.489 e. The van der Waals surface area contributed by atoms with Crippen LogP contribution in [0.1, 0.15) is 39.9 Å². The minimum atomic E-state index is 0.0588. The van der Waals surface area contributed by atoms with Crippen LogP contribution in [0.3, 0.4) is 0 Å². The molecule has 0 bridgehead atoms. The Labute approximate surface area is 307 Å². The summed E-state index contributed by atoms with van der Waals surface area (Å²) in [6, 6.07) is 49.5. The molecule has 262 valence electrons. The molecule has 0 saturated carbocycles. The van der Waals surface area contributed by atoms with E-state index < -0.39 is 0 Å². The van der Waals surface area contributed by atoms with Gasteiger partial charge in [-0.1, -0.05) is 109 Å². The first-order chi connectivity index (χ1) is 25.6. The number of nitrogens with zero attached hydrogens (tertiary/aromatic N) is 3. The fourth-order valence-corrected chi connectivity index (χ4v) is 6.86. The van der Waals surface area contributed by atoms with Crippen LogP contribution in [0, 0.1) is 5.92 Å². The minimum absolute atomic E-state index is 0.0588. The Bertz CT molecular complexity index is 1990. The molecule has 0 atom stereocenters. The SMILES string of the molecule is COc1ccc(-c2ccc(C(=O)N(Cc3ccc(-c4ccccc4)cc3)CC3CCN(Cc4ccc(OCc5ccccc5)cc4)CC3)cc2)cn1. The lowest BCUT2D eigenvalue weighted by Gasteiger charge is -2.35. The topological polar surface area (TPSA) is 54.9 Å². The summed E-state index contributed by atoms with van der Waals surface area (Å²) in [5.74, 6) is 1.96. The molecule has 0 N–H and O–H groups in total. The molecule has 52 heavy (non-hydrogen) atoms. The normalized spacial score (nSPS) is 13.4. The summed E-state index contributed by atoms with van der Waals surface area (Å²) in [6.07, 6.45) is 3.90. The average molecular weight is 688 g/mol. The highest BCUT2D eigenvalue weighted by molar-refractivity contribution is 5.94. The molecular formula is C46H45N3O3. The fraction of sp³-hybridized carbons (Fsp3) is 0.217. The van der Waals surface area contributed by atoms with Gasteiger partial charge >= 0.3 is 0 Å². The predicted molar refractivity (Wildman–Crippen MR) is 208 cm³/mol. The highest BCUT2D eigenvalue weighted by atomic mass is 16.5. The third kappa shape index (κ3) is 9.14. The number of carbonyl (C=O) groups is 1. The summed E-state index contributed by atoms with van der Waals surface area (Å²) in [6.45, 7) is 4.80. The van der Waals surface area contributed by atoms with Gasteiger partial charge in [-0.15, -0.1) is 0 Å². The number of benzene rings is 5. The molecule has 5 aromatic carbocycles. The Kier molecular flexibility index (Phi) is 11.3. The summed E-state index contributed by atoms with van der Waals surface area (Å²) >= 11 is 0. The number of hydrogen-bond acceptors (Lipinski definition) is 5. The van der Waals surface area contributed by atoms with Crippen LogP contribution >= 0.6 is 0 Å². The zero-order chi connectivity index (χ0) is 35.5. The lowest BCUT2D eigenvalue weighted by molar-refractivity contribution is 0.0672. The summed E-state index contributed by atoms with van der Waals surface area (Å²) < 4.78 is 11.2. The molecule has 0 spiro atoms. The van der Waals surface area contributed by atoms with Crippen molar-refractivity contribution in [2.75, 3.05) is 26.7 Å². The molecule has 1 aliphatic rings. The van der Waals surface area contributed by atoms with Crippen molar-refractivity contribution >= 4 is 5.91 Å². The molecule has 6 nitrogen and oxygen atoms in total. The van der Waals surface area contributed by atoms with E-state index >= 15 is 0 Å². The van der Waals surface area contributed by atoms with Gasteiger partial charge in [-0.25, -0.2) is 4.98 Å². The van der Waals surface area contributed by atoms with Crippen molar-refractivity contribution in [1.29, 1.82) is 0 Å². The van der Waals surface area contributed by atoms with Crippen molar-refractivity contribution in [2.24, 2.45) is 5.92 Å². The maximum atomic E-state index is 14.2. The largest absolute Gasteiger partial charge is 0.489 e. The Morgan fingerprint density at radius 1 is 0.673 bits per heavy atom. The van der Waals surface area contributed by atoms with Crippen LogP contribution in [0.4, 0.5) is 0 Å². The van der Waals surface area contributed by atoms with E-state index in [-0.39, 0.29) is 5.91 Å². The van der Waals surface area contributed by atoms with E-state index in [0.717, 1.165) is 67.0 Å². The van der Waals surface area contributed by atoms with Gasteiger partial charge in [-0.2, -0.15) is 0 Å². The number of hydrogen-bond donors (Lipinski definition) is 0. The number of likely N-dealkylation sites (tertiary alicyclic amines) is 1. The molecule has 0 radical (unpaired) electrons. The number of piperidine rings is 1. The average Bonchev–Trinajstić information content (AvgIpc) is 3.22. The first-order valence-corrected chi connectivity index (χ1v) is 18.1. The first kappa shape index (κ1) is 34.7. The quantitative estimate of drug-likeness (QED) is 0.121. The van der Waals surface area contributed by atoms with Crippen molar-refractivity contribution in [3.05, 3.63) is 174 Å². The molecule has 6 heteroatoms. The van der Waals surface area contributed by atoms with Gasteiger partial charge in [0, 0.05) is 43.0 Å². The van der Waals surface area contributed by atoms with Crippen molar-refractivity contribution < 1.29 is 14.3 Å². The highest BCUT2D eigenvalue weighted by Gasteiger charge is 2.25. The molecule has 1 fully saturated rings. The molecule has 1 aromatic heterocycles. The number of rotatable bonds is 13. The van der Waals surface area contributed by atoms with Gasteiger partial charge in [-0.3, -0.25) is 9.69 Å². The number of ether oxygens (including phenoxy) is 2. The number of aromatic nitrogens is 1. The van der Waals surface area contributed by atoms with Gasteiger partial charge in [0.15, 0.2) is 0 Å². The summed E-state index contributed by atoms with van der Waals surface area (Å²) in [7, 11) is 1.61. The van der Waals surface area contributed by atoms with Gasteiger partial charge in [0.05, 0.1) is 7.11 Å². The van der Waals surface area contributed by atoms with E-state index in [1.165, 1.54) is 16.7 Å². The molecule has 0 unspecified atom stereocenters. The van der Waals surface area contributed by atoms with E-state index in [9.17, 15) is 4.79 Å². The van der Waals surface area contributed by atoms with E-state index in [1.807, 2.05) is 60.7 Å². The Balaban J connectivity index is 0.988. The van der Waals surface area contributed by atoms with Crippen molar-refractivity contribution in [3.63, 3.8) is 0 Å². The predicted octanol–water partition coefficient (Wildman–Crippen LogP) is 9.56. The number of carbonyl (C=O) groups excluding carboxylic acids is 1. The second-order valence-corrected chi connectivity index (χ2v) is 13.6. The molecule has 7 rings (SSSR count). The lowest BCUT2D eigenvalue weighted by Crippen LogP contribution is -2.40. The van der Waals surface area contributed by atoms with Crippen molar-refractivity contribution in [3.8, 4) is 33.9 Å². The zero-order valence-electron chi connectivity index (χ0n) is 29.7. The molecule has 0 aliphatic carbocycles. The van der Waals surface area contributed by atoms with E-state index in [2.05, 4.69) is 99.7 Å². The van der Waals surface area contributed by atoms with Gasteiger partial charge in [0.2, 0.25) is 5.88 Å². The highest BCUT2D eigenvalue weighted by Crippen LogP contribution is 2.26. The van der Waals surface area contributed by atoms with E-state index in [0.29, 0.717) is 30.5 Å². The summed E-state index contributed by atoms with van der Waals surface area (Å²) in [4.78, 5) is 23.1. The zero-order valence-corrected chi connectivity index (χ0v) is 29.7. The number of methoxy groups -OCH3 is 1. The van der Waals surface area contributed by atoms with Crippen molar-refractivity contribution in [2.45, 2.75) is 32.5 Å². The first-order valence-electron chi connectivity index (χ1n) is 18.1. The van der Waals surface area contributed by atoms with Crippen LogP contribution < -0.4 is 9.47 Å². The van der Waals surface area contributed by atoms with Gasteiger partial charge < -0.3 is 14.4 Å². The monoisotopic (exact) mass is 687 g/mol. The molecule has 1 saturated heterocycles. The van der Waals surface area contributed by atoms with Crippen LogP contribution in [-0.4, -0.2) is 47.4 Å². The van der Waals surface area contributed by atoms with Crippen LogP contribution in [0.25, 0.3) is 22.3 Å². The van der Waals surface area contributed by atoms with Crippen molar-refractivity contribution in [1.82, 2.24) is 14.8 Å². The van der Waals surface area contributed by atoms with Crippen LogP contribution in [0.2, 0.25) is 0 Å². The molecular weight excluding hydrogens is 643 g/mol. The number of amides is 1. The summed E-state index contributed by atoms with van der Waals surface area (Å²) in [5.41, 5.74) is 8.63. The fourth-order valence-electron chi connectivity index (χ4n) is 6.86. The summed E-state index contributed by atoms with van der Waals surface area (Å²) in [5, 5.41) is 0. The van der Waals surface area contributed by atoms with Gasteiger partial charge in [0.25, 0.3) is 5.91 Å². The second-order valence-electron chi connectivity index (χ2n) is 13.6. The molecule has 6 aromatic rings. The molecule has 1 aliphatic heterocycles. The second kappa shape index (κ2) is 17.0. The van der Waals surface area contributed by atoms with E-state index in [1.54, 1.807) is 13.3 Å². The van der Waals surface area contributed by atoms with Gasteiger partial charge in [-0.05, 0) is 95.6 Å². The smallest absolute Gasteiger partial charge is 0.254 e. The third-order valence-electron chi connectivity index (χ3n) is 9.90. The van der Waals surface area contributed by atoms with E-state index in [4.69, 9.17) is 9.47 Å². The van der Waals surface area contributed by atoms with Gasteiger partial charge in [0.1, 0.15) is 12.4 Å². The maximum Gasteiger partial charge on any atom is 0.254 e. The third-order valence-corrected chi connectivity index (χ3v) is 9.90. The Hall–Kier alpha value is -5.72. The molecule has 2 heterocycles. The molecule has 1 amide bonds. The number of pyridine rings is 1. The Morgan fingerprint density at radius 2 is 1.27 bits per heavy atom. The maximum absolute atomic E-state index is 14.2.